The van der Waals surface area contributed by atoms with Crippen LogP contribution in [0.3, 0.4) is 0 Å². The monoisotopic (exact) mass is 606 g/mol. The Morgan fingerprint density at radius 2 is 1.73 bits per heavy atom. The molecule has 3 aromatic carbocycles. The minimum Gasteiger partial charge on any atom is -0.497 e. The number of ether oxygens (including phenoxy) is 1. The molecule has 3 aromatic heterocycles. The minimum atomic E-state index is -2.81. The van der Waals surface area contributed by atoms with Gasteiger partial charge in [0.05, 0.1) is 32.9 Å². The zero-order valence-electron chi connectivity index (χ0n) is 24.5. The maximum Gasteiger partial charge on any atom is 0.282 e. The number of likely N-dealkylation sites (tertiary alicyclic amines) is 1. The van der Waals surface area contributed by atoms with E-state index in [0.717, 1.165) is 49.6 Å². The van der Waals surface area contributed by atoms with Crippen molar-refractivity contribution < 1.29 is 18.3 Å². The minimum absolute atomic E-state index is 0.359. The van der Waals surface area contributed by atoms with Gasteiger partial charge in [-0.2, -0.15) is 0 Å². The Labute approximate surface area is 256 Å². The fraction of sp³-hybridized carbons (Fsp3) is 0.182. The normalized spacial score (nSPS) is 13.9. The smallest absolute Gasteiger partial charge is 0.282 e. The highest BCUT2D eigenvalue weighted by atomic mass is 19.3. The molecule has 1 aliphatic heterocycles. The number of nitrogens with zero attached hydrogens (tertiary/aromatic N) is 7. The highest BCUT2D eigenvalue weighted by Gasteiger charge is 2.46. The van der Waals surface area contributed by atoms with Gasteiger partial charge in [-0.1, -0.05) is 41.6 Å². The summed E-state index contributed by atoms with van der Waals surface area (Å²) in [6.07, 6.45) is 3.59. The molecule has 0 aliphatic carbocycles. The van der Waals surface area contributed by atoms with Gasteiger partial charge in [-0.25, -0.2) is 23.4 Å². The largest absolute Gasteiger partial charge is 0.497 e. The van der Waals surface area contributed by atoms with Gasteiger partial charge in [0.25, 0.3) is 11.8 Å². The molecule has 1 saturated heterocycles. The third kappa shape index (κ3) is 5.69. The van der Waals surface area contributed by atoms with E-state index in [0.29, 0.717) is 23.9 Å². The quantitative estimate of drug-likeness (QED) is 0.234. The summed E-state index contributed by atoms with van der Waals surface area (Å²) in [5.74, 6) is -1.30. The maximum absolute atomic E-state index is 13.3. The first kappa shape index (κ1) is 28.1. The van der Waals surface area contributed by atoms with Crippen LogP contribution in [-0.4, -0.2) is 66.5 Å². The molecule has 6 aromatic rings. The zero-order chi connectivity index (χ0) is 31.1. The Morgan fingerprint density at radius 3 is 2.47 bits per heavy atom. The van der Waals surface area contributed by atoms with Crippen LogP contribution in [0, 0.1) is 0 Å². The van der Waals surface area contributed by atoms with E-state index in [9.17, 15) is 13.6 Å². The van der Waals surface area contributed by atoms with Crippen LogP contribution in [-0.2, 0) is 13.6 Å². The summed E-state index contributed by atoms with van der Waals surface area (Å²) in [6.45, 7) is -0.507. The molecule has 0 unspecified atom stereocenters. The average Bonchev–Trinajstić information content (AvgIpc) is 3.64. The average molecular weight is 607 g/mol. The lowest BCUT2D eigenvalue weighted by atomic mass is 10.1. The summed E-state index contributed by atoms with van der Waals surface area (Å²) in [5.41, 5.74) is 5.53. The molecule has 4 heterocycles. The van der Waals surface area contributed by atoms with Gasteiger partial charge in [-0.05, 0) is 48.0 Å². The highest BCUT2D eigenvalue weighted by molar-refractivity contribution is 6.00. The van der Waals surface area contributed by atoms with Crippen molar-refractivity contribution in [2.24, 2.45) is 7.05 Å². The van der Waals surface area contributed by atoms with E-state index in [2.05, 4.69) is 20.6 Å². The number of hydrogen-bond acceptors (Lipinski definition) is 7. The number of aryl methyl sites for hydroxylation is 1. The van der Waals surface area contributed by atoms with Crippen molar-refractivity contribution in [1.29, 1.82) is 0 Å². The zero-order valence-corrected chi connectivity index (χ0v) is 24.5. The number of benzene rings is 3. The summed E-state index contributed by atoms with van der Waals surface area (Å²) < 4.78 is 35.4. The first-order valence-corrected chi connectivity index (χ1v) is 14.3. The van der Waals surface area contributed by atoms with E-state index >= 15 is 0 Å². The number of amides is 1. The van der Waals surface area contributed by atoms with E-state index < -0.39 is 24.9 Å². The molecule has 226 valence electrons. The highest BCUT2D eigenvalue weighted by Crippen LogP contribution is 2.31. The predicted octanol–water partition coefficient (Wildman–Crippen LogP) is 5.79. The topological polar surface area (TPSA) is 103 Å². The molecule has 1 fully saturated rings. The van der Waals surface area contributed by atoms with E-state index in [1.54, 1.807) is 41.7 Å². The summed E-state index contributed by atoms with van der Waals surface area (Å²) in [7, 11) is 3.39. The van der Waals surface area contributed by atoms with Crippen molar-refractivity contribution in [2.75, 3.05) is 25.5 Å². The van der Waals surface area contributed by atoms with E-state index in [1.807, 2.05) is 72.9 Å². The number of carbonyl (C=O) groups excluding carboxylic acids is 1. The number of halogens is 2. The third-order valence-electron chi connectivity index (χ3n) is 7.81. The molecule has 0 radical (unpaired) electrons. The van der Waals surface area contributed by atoms with Crippen LogP contribution in [0.5, 0.6) is 5.75 Å². The second-order valence-corrected chi connectivity index (χ2v) is 11.0. The van der Waals surface area contributed by atoms with Crippen molar-refractivity contribution in [2.45, 2.75) is 12.5 Å². The van der Waals surface area contributed by atoms with Gasteiger partial charge in [0.1, 0.15) is 23.0 Å². The fourth-order valence-corrected chi connectivity index (χ4v) is 5.36. The van der Waals surface area contributed by atoms with Crippen LogP contribution in [0.4, 0.5) is 20.3 Å². The molecule has 1 amide bonds. The van der Waals surface area contributed by atoms with Gasteiger partial charge in [0.15, 0.2) is 5.82 Å². The molecule has 10 nitrogen and oxygen atoms in total. The molecule has 0 saturated carbocycles. The first-order valence-electron chi connectivity index (χ1n) is 14.3. The second kappa shape index (κ2) is 11.1. The van der Waals surface area contributed by atoms with Crippen LogP contribution in [0.1, 0.15) is 16.1 Å². The molecule has 7 rings (SSSR count). The number of rotatable bonds is 8. The van der Waals surface area contributed by atoms with E-state index in [4.69, 9.17) is 9.72 Å². The lowest BCUT2D eigenvalue weighted by Gasteiger charge is -2.38. The summed E-state index contributed by atoms with van der Waals surface area (Å²) in [4.78, 5) is 23.1. The number of alkyl halides is 2. The molecular formula is C33H28F2N8O2. The summed E-state index contributed by atoms with van der Waals surface area (Å²) >= 11 is 0. The van der Waals surface area contributed by atoms with Crippen LogP contribution in [0.25, 0.3) is 33.5 Å². The Kier molecular flexibility index (Phi) is 6.96. The van der Waals surface area contributed by atoms with Gasteiger partial charge in [0, 0.05) is 41.0 Å². The van der Waals surface area contributed by atoms with Crippen molar-refractivity contribution >= 4 is 28.3 Å². The van der Waals surface area contributed by atoms with Gasteiger partial charge in [0.2, 0.25) is 0 Å². The van der Waals surface area contributed by atoms with Crippen LogP contribution >= 0.6 is 0 Å². The van der Waals surface area contributed by atoms with E-state index in [1.165, 1.54) is 0 Å². The number of methoxy groups -OCH3 is 1. The predicted molar refractivity (Wildman–Crippen MR) is 166 cm³/mol. The van der Waals surface area contributed by atoms with Crippen LogP contribution in [0.15, 0.2) is 91.3 Å². The SMILES string of the molecule is COc1ccc(Cn2cc(-c3ccc(Nc4ccnc(-c5ccc6cc(C(=O)N7CC(F)(F)C7)n(C)c6c5)n4)cc3)nn2)cc1. The Morgan fingerprint density at radius 1 is 0.978 bits per heavy atom. The van der Waals surface area contributed by atoms with Gasteiger partial charge in [-0.3, -0.25) is 4.79 Å². The van der Waals surface area contributed by atoms with Crippen LogP contribution < -0.4 is 10.1 Å². The standard InChI is InChI=1S/C33H28F2N8O2/c1-41-28-16-24(6-5-23(28)15-29(41)32(44)42-19-33(34,35)20-42)31-36-14-13-30(38-31)37-25-9-7-22(8-10-25)27-18-43(40-39-27)17-21-3-11-26(45-2)12-4-21/h3-16,18H,17,19-20H2,1-2H3,(H,36,37,38). The molecule has 0 atom stereocenters. The Balaban J connectivity index is 1.04. The van der Waals surface area contributed by atoms with Crippen molar-refractivity contribution in [1.82, 2.24) is 34.4 Å². The molecule has 1 N–H and O–H groups in total. The van der Waals surface area contributed by atoms with E-state index in [-0.39, 0.29) is 0 Å². The lowest BCUT2D eigenvalue weighted by Crippen LogP contribution is -2.58. The molecule has 0 bridgehead atoms. The molecule has 45 heavy (non-hydrogen) atoms. The van der Waals surface area contributed by atoms with Crippen LogP contribution in [0.2, 0.25) is 0 Å². The number of hydrogen-bond donors (Lipinski definition) is 1. The molecule has 0 spiro atoms. The molecule has 12 heteroatoms. The molecular weight excluding hydrogens is 578 g/mol. The fourth-order valence-electron chi connectivity index (χ4n) is 5.36. The lowest BCUT2D eigenvalue weighted by molar-refractivity contribution is -0.113. The number of nitrogens with one attached hydrogen (secondary N) is 1. The van der Waals surface area contributed by atoms with Gasteiger partial charge < -0.3 is 19.5 Å². The van der Waals surface area contributed by atoms with Crippen molar-refractivity contribution in [3.63, 3.8) is 0 Å². The number of anilines is 2. The first-order chi connectivity index (χ1) is 21.7. The Bertz CT molecular complexity index is 2010. The van der Waals surface area contributed by atoms with Gasteiger partial charge in [-0.15, -0.1) is 5.10 Å². The third-order valence-corrected chi connectivity index (χ3v) is 7.81. The van der Waals surface area contributed by atoms with Crippen molar-refractivity contribution in [3.05, 3.63) is 103 Å². The maximum atomic E-state index is 13.3. The molecule has 1 aliphatic rings. The summed E-state index contributed by atoms with van der Waals surface area (Å²) in [5, 5.41) is 12.7. The number of fused-ring (bicyclic) bond motifs is 1. The van der Waals surface area contributed by atoms with Crippen molar-refractivity contribution in [3.8, 4) is 28.4 Å². The number of aromatic nitrogens is 6. The van der Waals surface area contributed by atoms with Gasteiger partial charge >= 0.3 is 0 Å². The second-order valence-electron chi connectivity index (χ2n) is 11.0. The summed E-state index contributed by atoms with van der Waals surface area (Å²) in [6, 6.07) is 24.8. The number of carbonyl (C=O) groups is 1. The Hall–Kier alpha value is -5.65.